The molecule has 18 heavy (non-hydrogen) atoms. The zero-order valence-corrected chi connectivity index (χ0v) is 12.7. The van der Waals surface area contributed by atoms with Gasteiger partial charge in [0.2, 0.25) is 5.91 Å². The Balaban J connectivity index is 0.00000289. The van der Waals surface area contributed by atoms with Crippen LogP contribution in [0.25, 0.3) is 0 Å². The highest BCUT2D eigenvalue weighted by Gasteiger charge is 2.25. The largest absolute Gasteiger partial charge is 0.378 e. The second-order valence-electron chi connectivity index (χ2n) is 5.82. The maximum Gasteiger partial charge on any atom is 0.221 e. The van der Waals surface area contributed by atoms with Gasteiger partial charge in [0.1, 0.15) is 0 Å². The second-order valence-corrected chi connectivity index (χ2v) is 5.82. The van der Waals surface area contributed by atoms with Crippen LogP contribution in [0.1, 0.15) is 40.5 Å². The van der Waals surface area contributed by atoms with Crippen LogP contribution < -0.4 is 10.6 Å². The summed E-state index contributed by atoms with van der Waals surface area (Å²) < 4.78 is 5.34. The van der Waals surface area contributed by atoms with Crippen LogP contribution in [-0.2, 0) is 9.53 Å². The molecule has 0 bridgehead atoms. The van der Waals surface area contributed by atoms with Crippen LogP contribution in [-0.4, -0.2) is 37.7 Å². The number of amides is 1. The molecule has 0 aromatic carbocycles. The Labute approximate surface area is 117 Å². The molecule has 1 rings (SSSR count). The van der Waals surface area contributed by atoms with Crippen LogP contribution in [0.15, 0.2) is 0 Å². The maximum atomic E-state index is 11.9. The SMILES string of the molecule is CCC(NC(=O)CC1COCCN1)C(C)(C)C.Cl. The molecule has 1 aliphatic rings. The lowest BCUT2D eigenvalue weighted by Gasteiger charge is -2.31. The van der Waals surface area contributed by atoms with E-state index in [9.17, 15) is 4.79 Å². The summed E-state index contributed by atoms with van der Waals surface area (Å²) in [7, 11) is 0. The first kappa shape index (κ1) is 17.7. The van der Waals surface area contributed by atoms with Gasteiger partial charge in [0, 0.05) is 25.0 Å². The van der Waals surface area contributed by atoms with Gasteiger partial charge in [-0.3, -0.25) is 4.79 Å². The highest BCUT2D eigenvalue weighted by atomic mass is 35.5. The summed E-state index contributed by atoms with van der Waals surface area (Å²) in [5.74, 6) is 0.120. The number of nitrogens with one attached hydrogen (secondary N) is 2. The van der Waals surface area contributed by atoms with E-state index in [0.29, 0.717) is 13.0 Å². The molecule has 1 heterocycles. The Morgan fingerprint density at radius 2 is 2.17 bits per heavy atom. The van der Waals surface area contributed by atoms with Gasteiger partial charge < -0.3 is 15.4 Å². The highest BCUT2D eigenvalue weighted by Crippen LogP contribution is 2.21. The molecule has 0 saturated carbocycles. The molecule has 1 aliphatic heterocycles. The normalized spacial score (nSPS) is 21.9. The van der Waals surface area contributed by atoms with Crippen LogP contribution in [0.5, 0.6) is 0 Å². The van der Waals surface area contributed by atoms with Crippen molar-refractivity contribution in [2.75, 3.05) is 19.8 Å². The Bertz CT molecular complexity index is 248. The number of ether oxygens (including phenoxy) is 1. The number of carbonyl (C=O) groups excluding carboxylic acids is 1. The van der Waals surface area contributed by atoms with Gasteiger partial charge in [0.15, 0.2) is 0 Å². The number of hydrogen-bond donors (Lipinski definition) is 2. The molecule has 2 N–H and O–H groups in total. The molecule has 1 fully saturated rings. The van der Waals surface area contributed by atoms with Crippen molar-refractivity contribution in [3.05, 3.63) is 0 Å². The van der Waals surface area contributed by atoms with Gasteiger partial charge in [-0.1, -0.05) is 27.7 Å². The third-order valence-corrected chi connectivity index (χ3v) is 3.22. The smallest absolute Gasteiger partial charge is 0.221 e. The summed E-state index contributed by atoms with van der Waals surface area (Å²) in [6.45, 7) is 10.8. The lowest BCUT2D eigenvalue weighted by Crippen LogP contribution is -2.48. The van der Waals surface area contributed by atoms with Crippen LogP contribution in [0.2, 0.25) is 0 Å². The highest BCUT2D eigenvalue weighted by molar-refractivity contribution is 5.85. The van der Waals surface area contributed by atoms with Crippen molar-refractivity contribution in [3.8, 4) is 0 Å². The van der Waals surface area contributed by atoms with Gasteiger partial charge in [-0.05, 0) is 11.8 Å². The van der Waals surface area contributed by atoms with Gasteiger partial charge in [-0.15, -0.1) is 12.4 Å². The van der Waals surface area contributed by atoms with Gasteiger partial charge in [-0.2, -0.15) is 0 Å². The zero-order chi connectivity index (χ0) is 12.9. The average molecular weight is 279 g/mol. The Morgan fingerprint density at radius 1 is 1.50 bits per heavy atom. The molecule has 0 spiro atoms. The molecule has 108 valence electrons. The standard InChI is InChI=1S/C13H26N2O2.ClH/c1-5-11(13(2,3)4)15-12(16)8-10-9-17-7-6-14-10;/h10-11,14H,5-9H2,1-4H3,(H,15,16);1H. The lowest BCUT2D eigenvalue weighted by atomic mass is 9.85. The predicted molar refractivity (Wildman–Crippen MR) is 76.2 cm³/mol. The van der Waals surface area contributed by atoms with Gasteiger partial charge >= 0.3 is 0 Å². The van der Waals surface area contributed by atoms with Crippen LogP contribution in [0, 0.1) is 5.41 Å². The molecule has 1 amide bonds. The van der Waals surface area contributed by atoms with E-state index >= 15 is 0 Å². The summed E-state index contributed by atoms with van der Waals surface area (Å²) in [5, 5.41) is 6.41. The van der Waals surface area contributed by atoms with Gasteiger partial charge in [-0.25, -0.2) is 0 Å². The monoisotopic (exact) mass is 278 g/mol. The summed E-state index contributed by atoms with van der Waals surface area (Å²) >= 11 is 0. The Kier molecular flexibility index (Phi) is 7.83. The quantitative estimate of drug-likeness (QED) is 0.823. The molecule has 1 saturated heterocycles. The first-order valence-electron chi connectivity index (χ1n) is 6.54. The minimum absolute atomic E-state index is 0. The number of morpholine rings is 1. The minimum Gasteiger partial charge on any atom is -0.378 e. The van der Waals surface area contributed by atoms with E-state index in [1.165, 1.54) is 0 Å². The first-order chi connectivity index (χ1) is 7.93. The number of halogens is 1. The molecule has 0 radical (unpaired) electrons. The first-order valence-corrected chi connectivity index (χ1v) is 6.54. The van der Waals surface area contributed by atoms with Crippen molar-refractivity contribution >= 4 is 18.3 Å². The summed E-state index contributed by atoms with van der Waals surface area (Å²) in [4.78, 5) is 11.9. The zero-order valence-electron chi connectivity index (χ0n) is 11.9. The molecule has 5 heteroatoms. The molecule has 0 aromatic heterocycles. The molecule has 0 aliphatic carbocycles. The van der Waals surface area contributed by atoms with E-state index < -0.39 is 0 Å². The third kappa shape index (κ3) is 6.03. The van der Waals surface area contributed by atoms with Crippen molar-refractivity contribution in [2.45, 2.75) is 52.6 Å². The third-order valence-electron chi connectivity index (χ3n) is 3.22. The van der Waals surface area contributed by atoms with Gasteiger partial charge in [0.05, 0.1) is 13.2 Å². The van der Waals surface area contributed by atoms with Crippen molar-refractivity contribution in [1.82, 2.24) is 10.6 Å². The lowest BCUT2D eigenvalue weighted by molar-refractivity contribution is -0.123. The summed E-state index contributed by atoms with van der Waals surface area (Å²) in [6.07, 6.45) is 1.47. The van der Waals surface area contributed by atoms with Crippen LogP contribution in [0.3, 0.4) is 0 Å². The average Bonchev–Trinajstić information content (AvgIpc) is 2.25. The van der Waals surface area contributed by atoms with E-state index in [0.717, 1.165) is 19.6 Å². The summed E-state index contributed by atoms with van der Waals surface area (Å²) in [5.41, 5.74) is 0.112. The minimum atomic E-state index is 0. The van der Waals surface area contributed by atoms with E-state index in [1.54, 1.807) is 0 Å². The predicted octanol–water partition coefficient (Wildman–Crippen LogP) is 1.73. The summed E-state index contributed by atoms with van der Waals surface area (Å²) in [6, 6.07) is 0.403. The fraction of sp³-hybridized carbons (Fsp3) is 0.923. The van der Waals surface area contributed by atoms with E-state index in [4.69, 9.17) is 4.74 Å². The topological polar surface area (TPSA) is 50.4 Å². The van der Waals surface area contributed by atoms with Crippen molar-refractivity contribution in [1.29, 1.82) is 0 Å². The van der Waals surface area contributed by atoms with E-state index in [-0.39, 0.29) is 35.8 Å². The molecular formula is C13H27ClN2O2. The van der Waals surface area contributed by atoms with E-state index in [2.05, 4.69) is 38.3 Å². The Hall–Kier alpha value is -0.320. The molecule has 2 unspecified atom stereocenters. The van der Waals surface area contributed by atoms with Crippen molar-refractivity contribution < 1.29 is 9.53 Å². The van der Waals surface area contributed by atoms with Crippen LogP contribution >= 0.6 is 12.4 Å². The molecule has 4 nitrogen and oxygen atoms in total. The number of hydrogen-bond acceptors (Lipinski definition) is 3. The Morgan fingerprint density at radius 3 is 2.61 bits per heavy atom. The van der Waals surface area contributed by atoms with Crippen molar-refractivity contribution in [3.63, 3.8) is 0 Å². The fourth-order valence-corrected chi connectivity index (χ4v) is 2.16. The second kappa shape index (κ2) is 7.97. The number of rotatable bonds is 4. The molecule has 2 atom stereocenters. The fourth-order valence-electron chi connectivity index (χ4n) is 2.16. The van der Waals surface area contributed by atoms with Crippen LogP contribution in [0.4, 0.5) is 0 Å². The number of carbonyl (C=O) groups is 1. The van der Waals surface area contributed by atoms with E-state index in [1.807, 2.05) is 0 Å². The van der Waals surface area contributed by atoms with Gasteiger partial charge in [0.25, 0.3) is 0 Å². The molecular weight excluding hydrogens is 252 g/mol. The van der Waals surface area contributed by atoms with Crippen molar-refractivity contribution in [2.24, 2.45) is 5.41 Å². The molecule has 0 aromatic rings. The maximum absolute atomic E-state index is 11.9.